The molecule has 6 nitrogen and oxygen atoms in total. The van der Waals surface area contributed by atoms with Crippen molar-refractivity contribution in [1.29, 1.82) is 0 Å². The Bertz CT molecular complexity index is 846. The Labute approximate surface area is 166 Å². The predicted octanol–water partition coefficient (Wildman–Crippen LogP) is 3.44. The smallest absolute Gasteiger partial charge is 0.231 e. The highest BCUT2D eigenvalue weighted by atomic mass is 16.7. The van der Waals surface area contributed by atoms with E-state index in [4.69, 9.17) is 9.47 Å². The summed E-state index contributed by atoms with van der Waals surface area (Å²) in [7, 11) is 1.79. The van der Waals surface area contributed by atoms with Gasteiger partial charge in [-0.15, -0.1) is 0 Å². The second-order valence-corrected chi connectivity index (χ2v) is 7.27. The third-order valence-corrected chi connectivity index (χ3v) is 5.32. The van der Waals surface area contributed by atoms with Crippen LogP contribution in [0.15, 0.2) is 47.5 Å². The topological polar surface area (TPSA) is 58.1 Å². The molecule has 2 aromatic carbocycles. The maximum atomic E-state index is 5.45. The number of anilines is 1. The molecular weight excluding hydrogens is 352 g/mol. The minimum atomic E-state index is 0.158. The van der Waals surface area contributed by atoms with Crippen LogP contribution >= 0.6 is 0 Å². The molecule has 1 saturated heterocycles. The van der Waals surface area contributed by atoms with E-state index in [1.54, 1.807) is 7.05 Å². The van der Waals surface area contributed by atoms with Crippen LogP contribution < -0.4 is 25.0 Å². The lowest BCUT2D eigenvalue weighted by Gasteiger charge is -2.22. The van der Waals surface area contributed by atoms with Gasteiger partial charge < -0.3 is 25.0 Å². The van der Waals surface area contributed by atoms with Gasteiger partial charge in [-0.2, -0.15) is 0 Å². The van der Waals surface area contributed by atoms with Crippen molar-refractivity contribution in [3.05, 3.63) is 53.6 Å². The Morgan fingerprint density at radius 1 is 1.11 bits per heavy atom. The molecular formula is C22H28N4O2. The van der Waals surface area contributed by atoms with Gasteiger partial charge in [-0.1, -0.05) is 18.2 Å². The zero-order valence-electron chi connectivity index (χ0n) is 16.6. The van der Waals surface area contributed by atoms with Crippen molar-refractivity contribution in [2.45, 2.75) is 32.4 Å². The fourth-order valence-corrected chi connectivity index (χ4v) is 3.69. The molecule has 148 valence electrons. The van der Waals surface area contributed by atoms with Gasteiger partial charge in [0.1, 0.15) is 0 Å². The van der Waals surface area contributed by atoms with Gasteiger partial charge >= 0.3 is 0 Å². The minimum Gasteiger partial charge on any atom is -0.454 e. The third kappa shape index (κ3) is 4.16. The lowest BCUT2D eigenvalue weighted by Crippen LogP contribution is -2.38. The van der Waals surface area contributed by atoms with Crippen LogP contribution in [0.25, 0.3) is 0 Å². The van der Waals surface area contributed by atoms with E-state index in [2.05, 4.69) is 51.7 Å². The summed E-state index contributed by atoms with van der Waals surface area (Å²) >= 11 is 0. The predicted molar refractivity (Wildman–Crippen MR) is 112 cm³/mol. The number of nitrogens with zero attached hydrogens (tertiary/aromatic N) is 2. The normalized spacial score (nSPS) is 16.9. The summed E-state index contributed by atoms with van der Waals surface area (Å²) < 4.78 is 10.8. The molecule has 0 spiro atoms. The standard InChI is InChI=1S/C22H28N4O2/c1-16(18-6-5-7-19(13-18)26-10-3-4-11-26)25-22(23-2)24-14-17-8-9-20-21(12-17)28-15-27-20/h5-9,12-13,16H,3-4,10-11,14-15H2,1-2H3,(H2,23,24,25). The van der Waals surface area contributed by atoms with Crippen LogP contribution in [0.1, 0.15) is 36.9 Å². The lowest BCUT2D eigenvalue weighted by atomic mass is 10.1. The molecule has 6 heteroatoms. The molecule has 2 aliphatic heterocycles. The first kappa shape index (κ1) is 18.5. The summed E-state index contributed by atoms with van der Waals surface area (Å²) in [6.07, 6.45) is 2.57. The number of hydrogen-bond acceptors (Lipinski definition) is 4. The number of nitrogens with one attached hydrogen (secondary N) is 2. The molecule has 1 unspecified atom stereocenters. The SMILES string of the molecule is CN=C(NCc1ccc2c(c1)OCO2)NC(C)c1cccc(N2CCCC2)c1. The molecule has 2 aliphatic rings. The molecule has 4 rings (SSSR count). The molecule has 1 fully saturated rings. The van der Waals surface area contributed by atoms with Gasteiger partial charge in [0.15, 0.2) is 17.5 Å². The number of ether oxygens (including phenoxy) is 2. The van der Waals surface area contributed by atoms with E-state index in [9.17, 15) is 0 Å². The maximum absolute atomic E-state index is 5.45. The van der Waals surface area contributed by atoms with Gasteiger partial charge in [0.05, 0.1) is 6.04 Å². The van der Waals surface area contributed by atoms with Crippen LogP contribution in [0.4, 0.5) is 5.69 Å². The maximum Gasteiger partial charge on any atom is 0.231 e. The average Bonchev–Trinajstić information content (AvgIpc) is 3.42. The first-order valence-corrected chi connectivity index (χ1v) is 9.93. The first-order chi connectivity index (χ1) is 13.7. The van der Waals surface area contributed by atoms with Gasteiger partial charge in [0.25, 0.3) is 0 Å². The van der Waals surface area contributed by atoms with Gasteiger partial charge in [-0.3, -0.25) is 4.99 Å². The zero-order chi connectivity index (χ0) is 19.3. The van der Waals surface area contributed by atoms with Crippen LogP contribution in [0.3, 0.4) is 0 Å². The quantitative estimate of drug-likeness (QED) is 0.615. The van der Waals surface area contributed by atoms with Crippen molar-refractivity contribution in [3.63, 3.8) is 0 Å². The minimum absolute atomic E-state index is 0.158. The van der Waals surface area contributed by atoms with Crippen molar-refractivity contribution in [2.75, 3.05) is 31.8 Å². The van der Waals surface area contributed by atoms with Gasteiger partial charge in [0, 0.05) is 32.4 Å². The van der Waals surface area contributed by atoms with Gasteiger partial charge in [-0.05, 0) is 55.2 Å². The van der Waals surface area contributed by atoms with Crippen molar-refractivity contribution < 1.29 is 9.47 Å². The molecule has 0 amide bonds. The van der Waals surface area contributed by atoms with E-state index >= 15 is 0 Å². The van der Waals surface area contributed by atoms with Crippen LogP contribution in [-0.4, -0.2) is 32.9 Å². The van der Waals surface area contributed by atoms with Crippen LogP contribution in [-0.2, 0) is 6.54 Å². The van der Waals surface area contributed by atoms with E-state index < -0.39 is 0 Å². The number of benzene rings is 2. The number of hydrogen-bond donors (Lipinski definition) is 2. The zero-order valence-corrected chi connectivity index (χ0v) is 16.6. The Morgan fingerprint density at radius 2 is 1.93 bits per heavy atom. The molecule has 0 aromatic heterocycles. The Morgan fingerprint density at radius 3 is 2.75 bits per heavy atom. The first-order valence-electron chi connectivity index (χ1n) is 9.93. The average molecular weight is 380 g/mol. The second kappa shape index (κ2) is 8.42. The summed E-state index contributed by atoms with van der Waals surface area (Å²) in [6.45, 7) is 5.44. The molecule has 0 aliphatic carbocycles. The Kier molecular flexibility index (Phi) is 5.55. The number of aliphatic imine (C=N–C) groups is 1. The highest BCUT2D eigenvalue weighted by Gasteiger charge is 2.15. The Balaban J connectivity index is 1.36. The van der Waals surface area contributed by atoms with Gasteiger partial charge in [0.2, 0.25) is 6.79 Å². The summed E-state index contributed by atoms with van der Waals surface area (Å²) in [6, 6.07) is 14.9. The number of guanidine groups is 1. The fourth-order valence-electron chi connectivity index (χ4n) is 3.69. The molecule has 0 saturated carbocycles. The number of fused-ring (bicyclic) bond motifs is 1. The summed E-state index contributed by atoms with van der Waals surface area (Å²) in [5.41, 5.74) is 3.69. The van der Waals surface area contributed by atoms with Crippen LogP contribution in [0.5, 0.6) is 11.5 Å². The monoisotopic (exact) mass is 380 g/mol. The van der Waals surface area contributed by atoms with Crippen LogP contribution in [0, 0.1) is 0 Å². The summed E-state index contributed by atoms with van der Waals surface area (Å²) in [5.74, 6) is 2.38. The lowest BCUT2D eigenvalue weighted by molar-refractivity contribution is 0.174. The fraction of sp³-hybridized carbons (Fsp3) is 0.409. The van der Waals surface area contributed by atoms with E-state index in [0.29, 0.717) is 13.3 Å². The van der Waals surface area contributed by atoms with Gasteiger partial charge in [-0.25, -0.2) is 0 Å². The van der Waals surface area contributed by atoms with Crippen molar-refractivity contribution in [1.82, 2.24) is 10.6 Å². The second-order valence-electron chi connectivity index (χ2n) is 7.27. The van der Waals surface area contributed by atoms with Crippen molar-refractivity contribution in [3.8, 4) is 11.5 Å². The number of rotatable bonds is 5. The van der Waals surface area contributed by atoms with E-state index in [-0.39, 0.29) is 6.04 Å². The molecule has 2 aromatic rings. The van der Waals surface area contributed by atoms with Crippen molar-refractivity contribution in [2.24, 2.45) is 4.99 Å². The van der Waals surface area contributed by atoms with E-state index in [1.165, 1.54) is 24.1 Å². The molecule has 0 radical (unpaired) electrons. The van der Waals surface area contributed by atoms with E-state index in [1.807, 2.05) is 18.2 Å². The molecule has 1 atom stereocenters. The van der Waals surface area contributed by atoms with Crippen molar-refractivity contribution >= 4 is 11.6 Å². The third-order valence-electron chi connectivity index (χ3n) is 5.32. The highest BCUT2D eigenvalue weighted by molar-refractivity contribution is 5.80. The van der Waals surface area contributed by atoms with Crippen LogP contribution in [0.2, 0.25) is 0 Å². The molecule has 28 heavy (non-hydrogen) atoms. The molecule has 2 N–H and O–H groups in total. The molecule has 2 heterocycles. The summed E-state index contributed by atoms with van der Waals surface area (Å²) in [5, 5.41) is 6.87. The highest BCUT2D eigenvalue weighted by Crippen LogP contribution is 2.32. The molecule has 0 bridgehead atoms. The summed E-state index contributed by atoms with van der Waals surface area (Å²) in [4.78, 5) is 6.83. The Hall–Kier alpha value is -2.89. The largest absolute Gasteiger partial charge is 0.454 e. The van der Waals surface area contributed by atoms with E-state index in [0.717, 1.165) is 36.1 Å².